The number of imidazole rings is 1. The van der Waals surface area contributed by atoms with Crippen molar-refractivity contribution in [1.82, 2.24) is 14.6 Å². The van der Waals surface area contributed by atoms with Gasteiger partial charge in [-0.3, -0.25) is 0 Å². The molecule has 0 radical (unpaired) electrons. The molecule has 0 aliphatic heterocycles. The number of rotatable bonds is 0. The predicted octanol–water partition coefficient (Wildman–Crippen LogP) is 2.45. The lowest BCUT2D eigenvalue weighted by atomic mass is 10.5. The van der Waals surface area contributed by atoms with Crippen LogP contribution in [0.4, 0.5) is 0 Å². The van der Waals surface area contributed by atoms with Crippen molar-refractivity contribution in [2.45, 2.75) is 6.92 Å². The van der Waals surface area contributed by atoms with Crippen molar-refractivity contribution in [1.29, 1.82) is 0 Å². The predicted molar refractivity (Wildman–Crippen MR) is 50.4 cm³/mol. The van der Waals surface area contributed by atoms with Gasteiger partial charge >= 0.3 is 0 Å². The maximum Gasteiger partial charge on any atom is 0.168 e. The van der Waals surface area contributed by atoms with Gasteiger partial charge in [0.05, 0.1) is 16.4 Å². The minimum Gasteiger partial charge on any atom is -0.234 e. The molecule has 0 fully saturated rings. The lowest BCUT2D eigenvalue weighted by Crippen LogP contribution is -1.94. The van der Waals surface area contributed by atoms with E-state index < -0.39 is 0 Å². The van der Waals surface area contributed by atoms with Crippen LogP contribution in [0.1, 0.15) is 5.69 Å². The van der Waals surface area contributed by atoms with E-state index in [4.69, 9.17) is 11.6 Å². The molecule has 0 saturated carbocycles. The second-order valence-electron chi connectivity index (χ2n) is 2.45. The number of fused-ring (bicyclic) bond motifs is 1. The highest BCUT2D eigenvalue weighted by Crippen LogP contribution is 2.19. The lowest BCUT2D eigenvalue weighted by molar-refractivity contribution is 0.896. The van der Waals surface area contributed by atoms with Gasteiger partial charge in [0.25, 0.3) is 0 Å². The van der Waals surface area contributed by atoms with Crippen LogP contribution >= 0.6 is 27.5 Å². The van der Waals surface area contributed by atoms with E-state index in [0.717, 1.165) is 15.8 Å². The molecule has 0 N–H and O–H groups in total. The van der Waals surface area contributed by atoms with Gasteiger partial charge in [0, 0.05) is 0 Å². The molecular formula is C7H5BrClN3. The smallest absolute Gasteiger partial charge is 0.168 e. The zero-order chi connectivity index (χ0) is 8.72. The van der Waals surface area contributed by atoms with Crippen molar-refractivity contribution >= 4 is 33.2 Å². The Bertz CT molecular complexity index is 437. The maximum absolute atomic E-state index is 5.76. The number of aromatic nitrogens is 3. The fraction of sp³-hybridized carbons (Fsp3) is 0.143. The molecule has 0 amide bonds. The van der Waals surface area contributed by atoms with Crippen LogP contribution in [-0.2, 0) is 0 Å². The molecule has 12 heavy (non-hydrogen) atoms. The summed E-state index contributed by atoms with van der Waals surface area (Å²) in [6, 6.07) is 1.73. The van der Waals surface area contributed by atoms with Crippen LogP contribution < -0.4 is 0 Å². The summed E-state index contributed by atoms with van der Waals surface area (Å²) < 4.78 is 2.56. The SMILES string of the molecule is Cc1cnc2c(Br)cc(Cl)nn12. The Balaban J connectivity index is 2.92. The van der Waals surface area contributed by atoms with Gasteiger partial charge in [0.15, 0.2) is 10.8 Å². The van der Waals surface area contributed by atoms with E-state index in [1.165, 1.54) is 0 Å². The van der Waals surface area contributed by atoms with Crippen LogP contribution in [0.2, 0.25) is 5.15 Å². The van der Waals surface area contributed by atoms with Gasteiger partial charge < -0.3 is 0 Å². The quantitative estimate of drug-likeness (QED) is 0.715. The molecular weight excluding hydrogens is 241 g/mol. The fourth-order valence-electron chi connectivity index (χ4n) is 1.01. The van der Waals surface area contributed by atoms with E-state index in [-0.39, 0.29) is 0 Å². The van der Waals surface area contributed by atoms with Gasteiger partial charge in [0.2, 0.25) is 0 Å². The van der Waals surface area contributed by atoms with Crippen LogP contribution in [0.3, 0.4) is 0 Å². The molecule has 0 aliphatic rings. The van der Waals surface area contributed by atoms with Crippen LogP contribution in [-0.4, -0.2) is 14.6 Å². The molecule has 0 aliphatic carbocycles. The second kappa shape index (κ2) is 2.71. The van der Waals surface area contributed by atoms with Crippen molar-refractivity contribution in [2.24, 2.45) is 0 Å². The Morgan fingerprint density at radius 2 is 2.33 bits per heavy atom. The lowest BCUT2D eigenvalue weighted by Gasteiger charge is -1.97. The highest BCUT2D eigenvalue weighted by molar-refractivity contribution is 9.10. The number of halogens is 2. The largest absolute Gasteiger partial charge is 0.234 e. The Hall–Kier alpha value is -0.610. The van der Waals surface area contributed by atoms with Crippen LogP contribution in [0.15, 0.2) is 16.7 Å². The fourth-order valence-corrected chi connectivity index (χ4v) is 1.82. The summed E-state index contributed by atoms with van der Waals surface area (Å²) in [4.78, 5) is 4.15. The molecule has 0 bridgehead atoms. The Morgan fingerprint density at radius 1 is 1.58 bits per heavy atom. The van der Waals surface area contributed by atoms with Crippen molar-refractivity contribution in [3.63, 3.8) is 0 Å². The van der Waals surface area contributed by atoms with Crippen molar-refractivity contribution in [2.75, 3.05) is 0 Å². The first-order chi connectivity index (χ1) is 5.68. The topological polar surface area (TPSA) is 30.2 Å². The van der Waals surface area contributed by atoms with E-state index in [2.05, 4.69) is 26.0 Å². The first kappa shape index (κ1) is 8.01. The zero-order valence-corrected chi connectivity index (χ0v) is 8.59. The molecule has 2 rings (SSSR count). The van der Waals surface area contributed by atoms with Gasteiger partial charge in [0.1, 0.15) is 0 Å². The molecule has 2 aromatic rings. The molecule has 62 valence electrons. The third kappa shape index (κ3) is 1.11. The third-order valence-electron chi connectivity index (χ3n) is 1.56. The normalized spacial score (nSPS) is 10.9. The summed E-state index contributed by atoms with van der Waals surface area (Å²) in [5.74, 6) is 0. The van der Waals surface area contributed by atoms with E-state index in [1.54, 1.807) is 16.8 Å². The average Bonchev–Trinajstić information content (AvgIpc) is 2.33. The van der Waals surface area contributed by atoms with Crippen molar-refractivity contribution in [3.05, 3.63) is 27.6 Å². The minimum absolute atomic E-state index is 0.454. The third-order valence-corrected chi connectivity index (χ3v) is 2.33. The summed E-state index contributed by atoms with van der Waals surface area (Å²) in [7, 11) is 0. The summed E-state index contributed by atoms with van der Waals surface area (Å²) >= 11 is 9.12. The van der Waals surface area contributed by atoms with E-state index in [9.17, 15) is 0 Å². The number of hydrogen-bond acceptors (Lipinski definition) is 2. The molecule has 0 atom stereocenters. The summed E-state index contributed by atoms with van der Waals surface area (Å²) in [5.41, 5.74) is 1.75. The summed E-state index contributed by atoms with van der Waals surface area (Å²) in [5, 5.41) is 4.54. The molecule has 0 saturated heterocycles. The number of nitrogens with zero attached hydrogens (tertiary/aromatic N) is 3. The van der Waals surface area contributed by atoms with E-state index in [0.29, 0.717) is 5.15 Å². The van der Waals surface area contributed by atoms with E-state index in [1.807, 2.05) is 6.92 Å². The van der Waals surface area contributed by atoms with Crippen LogP contribution in [0, 0.1) is 6.92 Å². The van der Waals surface area contributed by atoms with Crippen molar-refractivity contribution in [3.8, 4) is 0 Å². The van der Waals surface area contributed by atoms with E-state index >= 15 is 0 Å². The molecule has 0 spiro atoms. The molecule has 2 aromatic heterocycles. The molecule has 5 heteroatoms. The highest BCUT2D eigenvalue weighted by Gasteiger charge is 2.05. The van der Waals surface area contributed by atoms with Gasteiger partial charge in [-0.2, -0.15) is 5.10 Å². The van der Waals surface area contributed by atoms with Gasteiger partial charge in [-0.1, -0.05) is 11.6 Å². The average molecular weight is 246 g/mol. The molecule has 0 unspecified atom stereocenters. The monoisotopic (exact) mass is 245 g/mol. The standard InChI is InChI=1S/C7H5BrClN3/c1-4-3-10-7-5(8)2-6(9)11-12(4)7/h2-3H,1H3. The number of hydrogen-bond donors (Lipinski definition) is 0. The highest BCUT2D eigenvalue weighted by atomic mass is 79.9. The van der Waals surface area contributed by atoms with Gasteiger partial charge in [-0.25, -0.2) is 9.50 Å². The first-order valence-electron chi connectivity index (χ1n) is 3.35. The second-order valence-corrected chi connectivity index (χ2v) is 3.69. The molecule has 0 aromatic carbocycles. The Labute approximate surface area is 82.5 Å². The molecule has 3 nitrogen and oxygen atoms in total. The van der Waals surface area contributed by atoms with Crippen LogP contribution in [0.25, 0.3) is 5.65 Å². The maximum atomic E-state index is 5.76. The zero-order valence-electron chi connectivity index (χ0n) is 6.25. The summed E-state index contributed by atoms with van der Waals surface area (Å²) in [6.45, 7) is 1.93. The van der Waals surface area contributed by atoms with Crippen LogP contribution in [0.5, 0.6) is 0 Å². The first-order valence-corrected chi connectivity index (χ1v) is 4.52. The van der Waals surface area contributed by atoms with Gasteiger partial charge in [-0.15, -0.1) is 0 Å². The van der Waals surface area contributed by atoms with Gasteiger partial charge in [-0.05, 0) is 28.9 Å². The summed E-state index contributed by atoms with van der Waals surface area (Å²) in [6.07, 6.45) is 1.75. The Morgan fingerprint density at radius 3 is 3.08 bits per heavy atom. The minimum atomic E-state index is 0.454. The van der Waals surface area contributed by atoms with Crippen molar-refractivity contribution < 1.29 is 0 Å². The molecule has 2 heterocycles. The number of aryl methyl sites for hydroxylation is 1. The Kier molecular flexibility index (Phi) is 1.81.